The van der Waals surface area contributed by atoms with Crippen molar-refractivity contribution in [2.75, 3.05) is 13.8 Å². The molecule has 0 saturated heterocycles. The van der Waals surface area contributed by atoms with Gasteiger partial charge in [0.1, 0.15) is 12.5 Å². The third kappa shape index (κ3) is 1.69. The third-order valence-corrected chi connectivity index (χ3v) is 1.48. The molecule has 62 valence electrons. The molecule has 5 nitrogen and oxygen atoms in total. The average Bonchev–Trinajstić information content (AvgIpc) is 2.04. The van der Waals surface area contributed by atoms with Crippen molar-refractivity contribution in [1.82, 2.24) is 10.5 Å². The van der Waals surface area contributed by atoms with E-state index in [1.807, 2.05) is 13.0 Å². The van der Waals surface area contributed by atoms with Gasteiger partial charge in [-0.15, -0.1) is 0 Å². The summed E-state index contributed by atoms with van der Waals surface area (Å²) in [7, 11) is 1.60. The summed E-state index contributed by atoms with van der Waals surface area (Å²) in [5, 5.41) is 1.67. The van der Waals surface area contributed by atoms with Crippen LogP contribution in [-0.4, -0.2) is 24.7 Å². The van der Waals surface area contributed by atoms with Gasteiger partial charge in [0.15, 0.2) is 0 Å². The van der Waals surface area contributed by atoms with Crippen LogP contribution >= 0.6 is 0 Å². The highest BCUT2D eigenvalue weighted by atomic mass is 16.7. The summed E-state index contributed by atoms with van der Waals surface area (Å²) in [4.78, 5) is 9.04. The van der Waals surface area contributed by atoms with Crippen molar-refractivity contribution in [2.24, 2.45) is 10.8 Å². The van der Waals surface area contributed by atoms with Crippen LogP contribution in [0, 0.1) is 0 Å². The van der Waals surface area contributed by atoms with Crippen LogP contribution in [0.1, 0.15) is 6.92 Å². The van der Waals surface area contributed by atoms with Crippen LogP contribution in [0.4, 0.5) is 0 Å². The first-order valence-corrected chi connectivity index (χ1v) is 3.29. The predicted molar refractivity (Wildman–Crippen MR) is 42.2 cm³/mol. The van der Waals surface area contributed by atoms with Gasteiger partial charge in [-0.25, -0.2) is 15.9 Å². The molecule has 0 atom stereocenters. The molecular weight excluding hydrogens is 144 g/mol. The normalized spacial score (nSPS) is 17.5. The smallest absolute Gasteiger partial charge is 0.138 e. The van der Waals surface area contributed by atoms with E-state index < -0.39 is 0 Å². The maximum absolute atomic E-state index is 5.17. The fourth-order valence-electron chi connectivity index (χ4n) is 0.856. The molecule has 0 aliphatic carbocycles. The number of amidine groups is 1. The van der Waals surface area contributed by atoms with E-state index >= 15 is 0 Å². The van der Waals surface area contributed by atoms with Crippen LogP contribution in [-0.2, 0) is 4.84 Å². The topological polar surface area (TPSA) is 62.9 Å². The molecule has 0 fully saturated rings. The summed E-state index contributed by atoms with van der Waals surface area (Å²) in [6.07, 6.45) is 1.81. The van der Waals surface area contributed by atoms with E-state index in [0.717, 1.165) is 5.70 Å². The fraction of sp³-hybridized carbons (Fsp3) is 0.500. The van der Waals surface area contributed by atoms with Crippen LogP contribution in [0.25, 0.3) is 0 Å². The van der Waals surface area contributed by atoms with Crippen LogP contribution in [0.3, 0.4) is 0 Å². The average molecular weight is 156 g/mol. The summed E-state index contributed by atoms with van der Waals surface area (Å²) in [6, 6.07) is 0. The van der Waals surface area contributed by atoms with E-state index in [4.69, 9.17) is 10.7 Å². The van der Waals surface area contributed by atoms with Gasteiger partial charge in [0.05, 0.1) is 7.11 Å². The lowest BCUT2D eigenvalue weighted by Crippen LogP contribution is -2.35. The fourth-order valence-corrected chi connectivity index (χ4v) is 0.856. The number of aliphatic imine (C=N–C) groups is 1. The summed E-state index contributed by atoms with van der Waals surface area (Å²) < 4.78 is 0. The highest BCUT2D eigenvalue weighted by Crippen LogP contribution is 2.07. The van der Waals surface area contributed by atoms with Crippen molar-refractivity contribution in [1.29, 1.82) is 0 Å². The highest BCUT2D eigenvalue weighted by Gasteiger charge is 2.09. The molecule has 0 saturated carbocycles. The van der Waals surface area contributed by atoms with E-state index in [-0.39, 0.29) is 0 Å². The number of nitrogens with two attached hydrogens (primary N) is 1. The van der Waals surface area contributed by atoms with Gasteiger partial charge in [-0.05, 0) is 6.92 Å². The van der Waals surface area contributed by atoms with Crippen molar-refractivity contribution in [3.63, 3.8) is 0 Å². The SMILES string of the molecule is CON1CN=C(NN)C=C1C. The molecule has 0 amide bonds. The summed E-state index contributed by atoms with van der Waals surface area (Å²) in [5.41, 5.74) is 3.45. The molecular formula is C6H12N4O. The molecule has 0 bridgehead atoms. The van der Waals surface area contributed by atoms with Gasteiger partial charge in [-0.2, -0.15) is 0 Å². The Labute approximate surface area is 65.5 Å². The minimum absolute atomic E-state index is 0.484. The number of allylic oxidation sites excluding steroid dienone is 1. The number of hydrogen-bond donors (Lipinski definition) is 2. The number of nitrogens with one attached hydrogen (secondary N) is 1. The second-order valence-electron chi connectivity index (χ2n) is 2.18. The molecule has 0 spiro atoms. The van der Waals surface area contributed by atoms with Crippen LogP contribution in [0.15, 0.2) is 16.8 Å². The van der Waals surface area contributed by atoms with E-state index in [1.54, 1.807) is 12.2 Å². The molecule has 1 heterocycles. The maximum Gasteiger partial charge on any atom is 0.138 e. The Morgan fingerprint density at radius 1 is 1.82 bits per heavy atom. The molecule has 0 radical (unpaired) electrons. The quantitative estimate of drug-likeness (QED) is 0.400. The van der Waals surface area contributed by atoms with E-state index in [1.165, 1.54) is 0 Å². The van der Waals surface area contributed by atoms with Gasteiger partial charge in [-0.1, -0.05) is 0 Å². The number of hydroxylamine groups is 2. The highest BCUT2D eigenvalue weighted by molar-refractivity contribution is 5.93. The molecule has 5 heteroatoms. The van der Waals surface area contributed by atoms with Gasteiger partial charge in [-0.3, -0.25) is 4.84 Å². The van der Waals surface area contributed by atoms with Gasteiger partial charge >= 0.3 is 0 Å². The van der Waals surface area contributed by atoms with E-state index in [2.05, 4.69) is 10.4 Å². The lowest BCUT2D eigenvalue weighted by Gasteiger charge is -2.23. The Morgan fingerprint density at radius 3 is 3.00 bits per heavy atom. The molecule has 1 aliphatic heterocycles. The lowest BCUT2D eigenvalue weighted by molar-refractivity contribution is -0.0984. The first kappa shape index (κ1) is 8.03. The Morgan fingerprint density at radius 2 is 2.55 bits per heavy atom. The largest absolute Gasteiger partial charge is 0.309 e. The Balaban J connectivity index is 2.65. The van der Waals surface area contributed by atoms with Crippen molar-refractivity contribution in [3.8, 4) is 0 Å². The molecule has 3 N–H and O–H groups in total. The molecule has 0 aromatic carbocycles. The van der Waals surface area contributed by atoms with Gasteiger partial charge in [0.25, 0.3) is 0 Å². The zero-order valence-electron chi connectivity index (χ0n) is 6.66. The first-order chi connectivity index (χ1) is 5.27. The summed E-state index contributed by atoms with van der Waals surface area (Å²) >= 11 is 0. The molecule has 0 unspecified atom stereocenters. The van der Waals surface area contributed by atoms with E-state index in [0.29, 0.717) is 12.5 Å². The number of rotatable bonds is 1. The molecule has 0 aromatic rings. The minimum atomic E-state index is 0.484. The minimum Gasteiger partial charge on any atom is -0.309 e. The maximum atomic E-state index is 5.17. The van der Waals surface area contributed by atoms with Gasteiger partial charge < -0.3 is 5.43 Å². The van der Waals surface area contributed by atoms with Crippen molar-refractivity contribution in [2.45, 2.75) is 6.92 Å². The van der Waals surface area contributed by atoms with Crippen molar-refractivity contribution in [3.05, 3.63) is 11.8 Å². The molecule has 11 heavy (non-hydrogen) atoms. The van der Waals surface area contributed by atoms with E-state index in [9.17, 15) is 0 Å². The molecule has 1 aliphatic rings. The standard InChI is InChI=1S/C6H12N4O/c1-5-3-6(9-7)8-4-10(5)11-2/h3H,4,7H2,1-2H3,(H,8,9). The Hall–Kier alpha value is -1.07. The zero-order chi connectivity index (χ0) is 8.27. The monoisotopic (exact) mass is 156 g/mol. The van der Waals surface area contributed by atoms with Crippen LogP contribution in [0.2, 0.25) is 0 Å². The Kier molecular flexibility index (Phi) is 2.45. The summed E-state index contributed by atoms with van der Waals surface area (Å²) in [6.45, 7) is 2.41. The third-order valence-electron chi connectivity index (χ3n) is 1.48. The first-order valence-electron chi connectivity index (χ1n) is 3.29. The predicted octanol–water partition coefficient (Wildman–Crippen LogP) is -0.413. The number of hydrogen-bond acceptors (Lipinski definition) is 5. The number of nitrogens with zero attached hydrogens (tertiary/aromatic N) is 2. The lowest BCUT2D eigenvalue weighted by atomic mass is 10.4. The molecule has 0 aromatic heterocycles. The number of hydrazine groups is 1. The Bertz CT molecular complexity index is 199. The zero-order valence-corrected chi connectivity index (χ0v) is 6.66. The van der Waals surface area contributed by atoms with Crippen LogP contribution < -0.4 is 11.3 Å². The second-order valence-corrected chi connectivity index (χ2v) is 2.18. The summed E-state index contributed by atoms with van der Waals surface area (Å²) in [5.74, 6) is 5.84. The van der Waals surface area contributed by atoms with Crippen molar-refractivity contribution >= 4 is 5.84 Å². The van der Waals surface area contributed by atoms with Crippen molar-refractivity contribution < 1.29 is 4.84 Å². The second kappa shape index (κ2) is 3.36. The van der Waals surface area contributed by atoms with Crippen LogP contribution in [0.5, 0.6) is 0 Å². The van der Waals surface area contributed by atoms with Gasteiger partial charge in [0.2, 0.25) is 0 Å². The molecule has 1 rings (SSSR count). The van der Waals surface area contributed by atoms with Gasteiger partial charge in [0, 0.05) is 11.8 Å².